The van der Waals surface area contributed by atoms with Crippen molar-refractivity contribution in [1.82, 2.24) is 0 Å². The number of hydrogen-bond donors (Lipinski definition) is 2. The molecular weight excluding hydrogens is 339 g/mol. The van der Waals surface area contributed by atoms with Gasteiger partial charge in [0.1, 0.15) is 11.6 Å². The number of carbonyl (C=O) groups is 1. The number of benzene rings is 2. The van der Waals surface area contributed by atoms with Gasteiger partial charge in [0.05, 0.1) is 11.4 Å². The van der Waals surface area contributed by atoms with E-state index in [9.17, 15) is 9.18 Å². The third-order valence-electron chi connectivity index (χ3n) is 2.75. The fourth-order valence-electron chi connectivity index (χ4n) is 1.68. The van der Waals surface area contributed by atoms with Gasteiger partial charge >= 0.3 is 0 Å². The van der Waals surface area contributed by atoms with Gasteiger partial charge in [0, 0.05) is 4.47 Å². The van der Waals surface area contributed by atoms with Crippen molar-refractivity contribution in [1.29, 1.82) is 0 Å². The molecule has 0 saturated carbocycles. The van der Waals surface area contributed by atoms with E-state index in [2.05, 4.69) is 21.2 Å². The van der Waals surface area contributed by atoms with Gasteiger partial charge in [0.2, 0.25) is 0 Å². The van der Waals surface area contributed by atoms with Gasteiger partial charge < -0.3 is 15.8 Å². The number of rotatable bonds is 4. The van der Waals surface area contributed by atoms with Crippen molar-refractivity contribution in [3.05, 3.63) is 52.8 Å². The van der Waals surface area contributed by atoms with Gasteiger partial charge in [-0.2, -0.15) is 0 Å². The summed E-state index contributed by atoms with van der Waals surface area (Å²) in [6.45, 7) is 1.62. The van der Waals surface area contributed by atoms with E-state index in [1.807, 2.05) is 12.1 Å². The molecule has 110 valence electrons. The van der Waals surface area contributed by atoms with E-state index in [4.69, 9.17) is 10.5 Å². The lowest BCUT2D eigenvalue weighted by Crippen LogP contribution is -2.30. The molecule has 0 aromatic heterocycles. The van der Waals surface area contributed by atoms with Gasteiger partial charge in [-0.05, 0) is 43.3 Å². The second kappa shape index (κ2) is 6.58. The minimum atomic E-state index is -0.719. The van der Waals surface area contributed by atoms with Crippen LogP contribution in [0.1, 0.15) is 6.92 Å². The van der Waals surface area contributed by atoms with Crippen LogP contribution in [0.2, 0.25) is 0 Å². The molecule has 0 bridgehead atoms. The molecule has 0 fully saturated rings. The van der Waals surface area contributed by atoms with Gasteiger partial charge in [-0.15, -0.1) is 0 Å². The molecule has 0 spiro atoms. The minimum Gasteiger partial charge on any atom is -0.481 e. The largest absolute Gasteiger partial charge is 0.481 e. The Balaban J connectivity index is 2.02. The highest BCUT2D eigenvalue weighted by Gasteiger charge is 2.16. The van der Waals surface area contributed by atoms with Crippen LogP contribution in [0.5, 0.6) is 5.75 Å². The first-order chi connectivity index (χ1) is 9.95. The third kappa shape index (κ3) is 4.19. The highest BCUT2D eigenvalue weighted by atomic mass is 79.9. The summed E-state index contributed by atoms with van der Waals surface area (Å²) in [6, 6.07) is 11.0. The maximum atomic E-state index is 12.9. The number of nitrogen functional groups attached to an aromatic ring is 1. The SMILES string of the molecule is CC(Oc1cccc(Br)c1)C(=O)Nc1ccc(F)cc1N. The molecule has 2 aromatic rings. The van der Waals surface area contributed by atoms with Crippen LogP contribution in [0.3, 0.4) is 0 Å². The average Bonchev–Trinajstić information content (AvgIpc) is 2.41. The summed E-state index contributed by atoms with van der Waals surface area (Å²) in [5.41, 5.74) is 6.16. The number of amides is 1. The number of carbonyl (C=O) groups excluding carboxylic acids is 1. The van der Waals surface area contributed by atoms with Gasteiger partial charge in [0.25, 0.3) is 5.91 Å². The summed E-state index contributed by atoms with van der Waals surface area (Å²) < 4.78 is 19.3. The Labute approximate surface area is 130 Å². The quantitative estimate of drug-likeness (QED) is 0.826. The molecule has 1 atom stereocenters. The summed E-state index contributed by atoms with van der Waals surface area (Å²) >= 11 is 3.33. The zero-order valence-corrected chi connectivity index (χ0v) is 12.9. The Hall–Kier alpha value is -2.08. The highest BCUT2D eigenvalue weighted by Crippen LogP contribution is 2.21. The topological polar surface area (TPSA) is 64.3 Å². The van der Waals surface area contributed by atoms with Crippen LogP contribution in [-0.2, 0) is 4.79 Å². The number of halogens is 2. The summed E-state index contributed by atoms with van der Waals surface area (Å²) in [4.78, 5) is 12.0. The Bertz CT molecular complexity index is 664. The molecule has 0 aliphatic rings. The van der Waals surface area contributed by atoms with Crippen LogP contribution in [0.4, 0.5) is 15.8 Å². The van der Waals surface area contributed by atoms with Crippen LogP contribution in [0.15, 0.2) is 46.9 Å². The lowest BCUT2D eigenvalue weighted by atomic mass is 10.2. The zero-order valence-electron chi connectivity index (χ0n) is 11.3. The fraction of sp³-hybridized carbons (Fsp3) is 0.133. The van der Waals surface area contributed by atoms with Crippen LogP contribution >= 0.6 is 15.9 Å². The molecule has 1 amide bonds. The summed E-state index contributed by atoms with van der Waals surface area (Å²) in [6.07, 6.45) is -0.719. The minimum absolute atomic E-state index is 0.165. The molecule has 0 heterocycles. The predicted octanol–water partition coefficient (Wildman–Crippen LogP) is 3.58. The lowest BCUT2D eigenvalue weighted by Gasteiger charge is -2.15. The van der Waals surface area contributed by atoms with Crippen LogP contribution in [-0.4, -0.2) is 12.0 Å². The first-order valence-electron chi connectivity index (χ1n) is 6.24. The predicted molar refractivity (Wildman–Crippen MR) is 83.7 cm³/mol. The number of ether oxygens (including phenoxy) is 1. The van der Waals surface area contributed by atoms with Crippen molar-refractivity contribution in [2.75, 3.05) is 11.1 Å². The second-order valence-electron chi connectivity index (χ2n) is 4.44. The normalized spacial score (nSPS) is 11.8. The van der Waals surface area contributed by atoms with Crippen molar-refractivity contribution < 1.29 is 13.9 Å². The van der Waals surface area contributed by atoms with Crippen molar-refractivity contribution in [2.24, 2.45) is 0 Å². The standard InChI is InChI=1S/C15H14BrFN2O2/c1-9(21-12-4-2-3-10(16)7-12)15(20)19-14-6-5-11(17)8-13(14)18/h2-9H,18H2,1H3,(H,19,20). The maximum absolute atomic E-state index is 12.9. The van der Waals surface area contributed by atoms with Crippen LogP contribution < -0.4 is 15.8 Å². The van der Waals surface area contributed by atoms with E-state index in [-0.39, 0.29) is 11.6 Å². The molecule has 2 rings (SSSR count). The fourth-order valence-corrected chi connectivity index (χ4v) is 2.06. The molecule has 2 aromatic carbocycles. The highest BCUT2D eigenvalue weighted by molar-refractivity contribution is 9.10. The summed E-state index contributed by atoms with van der Waals surface area (Å²) in [5.74, 6) is -0.253. The smallest absolute Gasteiger partial charge is 0.265 e. The van der Waals surface area contributed by atoms with Crippen molar-refractivity contribution in [3.8, 4) is 5.75 Å². The Morgan fingerprint density at radius 2 is 2.10 bits per heavy atom. The van der Waals surface area contributed by atoms with Gasteiger partial charge in [0.15, 0.2) is 6.10 Å². The van der Waals surface area contributed by atoms with E-state index >= 15 is 0 Å². The maximum Gasteiger partial charge on any atom is 0.265 e. The van der Waals surface area contributed by atoms with E-state index in [1.165, 1.54) is 12.1 Å². The molecule has 6 heteroatoms. The van der Waals surface area contributed by atoms with Gasteiger partial charge in [-0.25, -0.2) is 4.39 Å². The van der Waals surface area contributed by atoms with Crippen molar-refractivity contribution in [2.45, 2.75) is 13.0 Å². The van der Waals surface area contributed by atoms with Gasteiger partial charge in [-0.3, -0.25) is 4.79 Å². The van der Waals surface area contributed by atoms with E-state index in [0.29, 0.717) is 11.4 Å². The second-order valence-corrected chi connectivity index (χ2v) is 5.35. The Morgan fingerprint density at radius 3 is 2.76 bits per heavy atom. The van der Waals surface area contributed by atoms with Crippen molar-refractivity contribution >= 4 is 33.2 Å². The number of nitrogens with two attached hydrogens (primary N) is 1. The molecule has 4 nitrogen and oxygen atoms in total. The third-order valence-corrected chi connectivity index (χ3v) is 3.24. The first kappa shape index (κ1) is 15.3. The van der Waals surface area contributed by atoms with Crippen LogP contribution in [0.25, 0.3) is 0 Å². The number of anilines is 2. The Kier molecular flexibility index (Phi) is 4.80. The van der Waals surface area contributed by atoms with E-state index in [0.717, 1.165) is 10.5 Å². The molecule has 0 saturated heterocycles. The lowest BCUT2D eigenvalue weighted by molar-refractivity contribution is -0.122. The summed E-state index contributed by atoms with van der Waals surface area (Å²) in [5, 5.41) is 2.60. The van der Waals surface area contributed by atoms with Crippen molar-refractivity contribution in [3.63, 3.8) is 0 Å². The van der Waals surface area contributed by atoms with Gasteiger partial charge in [-0.1, -0.05) is 22.0 Å². The molecule has 0 aliphatic carbocycles. The average molecular weight is 353 g/mol. The molecule has 1 unspecified atom stereocenters. The van der Waals surface area contributed by atoms with Crippen LogP contribution in [0, 0.1) is 5.82 Å². The number of nitrogens with one attached hydrogen (secondary N) is 1. The molecule has 0 aliphatic heterocycles. The first-order valence-corrected chi connectivity index (χ1v) is 7.03. The number of hydrogen-bond acceptors (Lipinski definition) is 3. The zero-order chi connectivity index (χ0) is 15.4. The van der Waals surface area contributed by atoms with E-state index < -0.39 is 11.9 Å². The monoisotopic (exact) mass is 352 g/mol. The van der Waals surface area contributed by atoms with E-state index in [1.54, 1.807) is 19.1 Å². The molecular formula is C15H14BrFN2O2. The Morgan fingerprint density at radius 1 is 1.33 bits per heavy atom. The molecule has 21 heavy (non-hydrogen) atoms. The molecule has 0 radical (unpaired) electrons. The summed E-state index contributed by atoms with van der Waals surface area (Å²) in [7, 11) is 0. The molecule has 3 N–H and O–H groups in total.